The summed E-state index contributed by atoms with van der Waals surface area (Å²) < 4.78 is 29.5. The molecule has 0 aliphatic carbocycles. The van der Waals surface area contributed by atoms with Crippen LogP contribution in [0.5, 0.6) is 0 Å². The van der Waals surface area contributed by atoms with E-state index in [4.69, 9.17) is 11.6 Å². The molecular formula is C18H18ClN3O2S. The van der Waals surface area contributed by atoms with Gasteiger partial charge in [0, 0.05) is 11.2 Å². The van der Waals surface area contributed by atoms with E-state index in [2.05, 4.69) is 9.82 Å². The molecule has 3 rings (SSSR count). The summed E-state index contributed by atoms with van der Waals surface area (Å²) in [6.07, 6.45) is 3.16. The molecule has 0 spiro atoms. The highest BCUT2D eigenvalue weighted by Gasteiger charge is 2.18. The third-order valence-corrected chi connectivity index (χ3v) is 5.55. The number of nitrogens with one attached hydrogen (secondary N) is 1. The van der Waals surface area contributed by atoms with E-state index in [1.807, 2.05) is 37.3 Å². The summed E-state index contributed by atoms with van der Waals surface area (Å²) >= 11 is 5.87. The standard InChI is InChI=1S/C18H18ClN3O2S/c1-13-3-4-14(2)18(9-13)25(23,24)21-17-10-20-22(12-17)11-15-5-7-16(19)8-6-15/h3-10,12,21H,11H2,1-2H3. The van der Waals surface area contributed by atoms with E-state index >= 15 is 0 Å². The van der Waals surface area contributed by atoms with E-state index < -0.39 is 10.0 Å². The first-order valence-corrected chi connectivity index (χ1v) is 9.56. The molecule has 0 saturated heterocycles. The summed E-state index contributed by atoms with van der Waals surface area (Å²) in [7, 11) is -3.65. The number of aryl methyl sites for hydroxylation is 2. The molecule has 7 heteroatoms. The van der Waals surface area contributed by atoms with Crippen molar-refractivity contribution in [3.63, 3.8) is 0 Å². The predicted molar refractivity (Wildman–Crippen MR) is 99.5 cm³/mol. The molecule has 130 valence electrons. The minimum atomic E-state index is -3.65. The maximum Gasteiger partial charge on any atom is 0.262 e. The quantitative estimate of drug-likeness (QED) is 0.733. The maximum atomic E-state index is 12.6. The van der Waals surface area contributed by atoms with E-state index in [0.717, 1.165) is 11.1 Å². The highest BCUT2D eigenvalue weighted by Crippen LogP contribution is 2.20. The van der Waals surface area contributed by atoms with Gasteiger partial charge in [0.05, 0.1) is 23.3 Å². The lowest BCUT2D eigenvalue weighted by Crippen LogP contribution is -2.14. The number of sulfonamides is 1. The maximum absolute atomic E-state index is 12.6. The molecule has 0 fully saturated rings. The third-order valence-electron chi connectivity index (χ3n) is 3.78. The van der Waals surface area contributed by atoms with E-state index in [0.29, 0.717) is 22.8 Å². The van der Waals surface area contributed by atoms with Crippen molar-refractivity contribution in [3.05, 3.63) is 76.6 Å². The van der Waals surface area contributed by atoms with Crippen molar-refractivity contribution in [2.75, 3.05) is 4.72 Å². The van der Waals surface area contributed by atoms with Crippen LogP contribution in [0.4, 0.5) is 5.69 Å². The van der Waals surface area contributed by atoms with Crippen LogP contribution in [0.2, 0.25) is 5.02 Å². The lowest BCUT2D eigenvalue weighted by atomic mass is 10.2. The number of hydrogen-bond donors (Lipinski definition) is 1. The molecule has 0 unspecified atom stereocenters. The lowest BCUT2D eigenvalue weighted by Gasteiger charge is -2.09. The van der Waals surface area contributed by atoms with Crippen LogP contribution in [0.3, 0.4) is 0 Å². The average Bonchev–Trinajstić information content (AvgIpc) is 2.98. The monoisotopic (exact) mass is 375 g/mol. The Hall–Kier alpha value is -2.31. The van der Waals surface area contributed by atoms with Crippen molar-refractivity contribution in [1.82, 2.24) is 9.78 Å². The average molecular weight is 376 g/mol. The normalized spacial score (nSPS) is 11.5. The van der Waals surface area contributed by atoms with Crippen molar-refractivity contribution in [2.24, 2.45) is 0 Å². The fraction of sp³-hybridized carbons (Fsp3) is 0.167. The Kier molecular flexibility index (Phi) is 4.83. The molecule has 2 aromatic carbocycles. The Morgan fingerprint density at radius 2 is 1.84 bits per heavy atom. The van der Waals surface area contributed by atoms with Gasteiger partial charge in [-0.15, -0.1) is 0 Å². The molecule has 0 bridgehead atoms. The van der Waals surface area contributed by atoms with Crippen molar-refractivity contribution in [3.8, 4) is 0 Å². The first-order valence-electron chi connectivity index (χ1n) is 7.70. The zero-order chi connectivity index (χ0) is 18.0. The Bertz CT molecular complexity index is 995. The van der Waals surface area contributed by atoms with Gasteiger partial charge in [0.2, 0.25) is 0 Å². The van der Waals surface area contributed by atoms with Gasteiger partial charge in [-0.25, -0.2) is 8.42 Å². The van der Waals surface area contributed by atoms with Crippen LogP contribution in [-0.4, -0.2) is 18.2 Å². The fourth-order valence-corrected chi connectivity index (χ4v) is 3.97. The van der Waals surface area contributed by atoms with Gasteiger partial charge < -0.3 is 0 Å². The Balaban J connectivity index is 1.78. The van der Waals surface area contributed by atoms with Crippen molar-refractivity contribution in [2.45, 2.75) is 25.3 Å². The number of anilines is 1. The van der Waals surface area contributed by atoms with Crippen LogP contribution >= 0.6 is 11.6 Å². The van der Waals surface area contributed by atoms with E-state index in [1.54, 1.807) is 29.9 Å². The number of hydrogen-bond acceptors (Lipinski definition) is 3. The highest BCUT2D eigenvalue weighted by molar-refractivity contribution is 7.92. The molecule has 25 heavy (non-hydrogen) atoms. The molecule has 3 aromatic rings. The predicted octanol–water partition coefficient (Wildman–Crippen LogP) is 4.00. The molecule has 5 nitrogen and oxygen atoms in total. The van der Waals surface area contributed by atoms with Gasteiger partial charge in [0.25, 0.3) is 10.0 Å². The van der Waals surface area contributed by atoms with E-state index in [1.165, 1.54) is 6.20 Å². The summed E-state index contributed by atoms with van der Waals surface area (Å²) in [6.45, 7) is 4.17. The van der Waals surface area contributed by atoms with Crippen LogP contribution in [0, 0.1) is 13.8 Å². The zero-order valence-electron chi connectivity index (χ0n) is 13.9. The second-order valence-corrected chi connectivity index (χ2v) is 8.01. The summed E-state index contributed by atoms with van der Waals surface area (Å²) in [5, 5.41) is 4.88. The molecule has 0 aliphatic rings. The van der Waals surface area contributed by atoms with Crippen molar-refractivity contribution >= 4 is 27.3 Å². The van der Waals surface area contributed by atoms with Gasteiger partial charge in [-0.3, -0.25) is 9.40 Å². The molecule has 0 atom stereocenters. The molecule has 0 amide bonds. The SMILES string of the molecule is Cc1ccc(C)c(S(=O)(=O)Nc2cnn(Cc3ccc(Cl)cc3)c2)c1. The molecule has 1 aromatic heterocycles. The van der Waals surface area contributed by atoms with Crippen LogP contribution < -0.4 is 4.72 Å². The van der Waals surface area contributed by atoms with Gasteiger partial charge in [0.15, 0.2) is 0 Å². The van der Waals surface area contributed by atoms with Gasteiger partial charge in [-0.2, -0.15) is 5.10 Å². The highest BCUT2D eigenvalue weighted by atomic mass is 35.5. The number of aromatic nitrogens is 2. The van der Waals surface area contributed by atoms with Crippen LogP contribution in [0.25, 0.3) is 0 Å². The molecule has 0 radical (unpaired) electrons. The third kappa shape index (κ3) is 4.21. The number of rotatable bonds is 5. The molecule has 1 heterocycles. The summed E-state index contributed by atoms with van der Waals surface area (Å²) in [5.74, 6) is 0. The second kappa shape index (κ2) is 6.90. The number of nitrogens with zero attached hydrogens (tertiary/aromatic N) is 2. The summed E-state index contributed by atoms with van der Waals surface area (Å²) in [4.78, 5) is 0.276. The minimum absolute atomic E-state index is 0.276. The zero-order valence-corrected chi connectivity index (χ0v) is 15.5. The molecule has 0 saturated carbocycles. The first kappa shape index (κ1) is 17.5. The molecule has 1 N–H and O–H groups in total. The lowest BCUT2D eigenvalue weighted by molar-refractivity contribution is 0.600. The Morgan fingerprint density at radius 1 is 1.12 bits per heavy atom. The molecular weight excluding hydrogens is 358 g/mol. The van der Waals surface area contributed by atoms with Crippen molar-refractivity contribution < 1.29 is 8.42 Å². The van der Waals surface area contributed by atoms with Gasteiger partial charge in [0.1, 0.15) is 0 Å². The van der Waals surface area contributed by atoms with Crippen LogP contribution in [0.15, 0.2) is 59.8 Å². The number of benzene rings is 2. The smallest absolute Gasteiger partial charge is 0.262 e. The largest absolute Gasteiger partial charge is 0.276 e. The van der Waals surface area contributed by atoms with Gasteiger partial charge in [-0.05, 0) is 48.7 Å². The van der Waals surface area contributed by atoms with E-state index in [9.17, 15) is 8.42 Å². The van der Waals surface area contributed by atoms with Gasteiger partial charge >= 0.3 is 0 Å². The topological polar surface area (TPSA) is 64.0 Å². The van der Waals surface area contributed by atoms with Crippen LogP contribution in [0.1, 0.15) is 16.7 Å². The van der Waals surface area contributed by atoms with Crippen molar-refractivity contribution in [1.29, 1.82) is 0 Å². The summed E-state index contributed by atoms with van der Waals surface area (Å²) in [5.41, 5.74) is 3.04. The second-order valence-electron chi connectivity index (χ2n) is 5.93. The summed E-state index contributed by atoms with van der Waals surface area (Å²) in [6, 6.07) is 12.8. The minimum Gasteiger partial charge on any atom is -0.276 e. The van der Waals surface area contributed by atoms with Gasteiger partial charge in [-0.1, -0.05) is 35.9 Å². The molecule has 0 aliphatic heterocycles. The Morgan fingerprint density at radius 3 is 2.56 bits per heavy atom. The fourth-order valence-electron chi connectivity index (χ4n) is 2.49. The van der Waals surface area contributed by atoms with E-state index in [-0.39, 0.29) is 4.90 Å². The van der Waals surface area contributed by atoms with Crippen LogP contribution in [-0.2, 0) is 16.6 Å². The first-order chi connectivity index (χ1) is 11.8. The number of halogens is 1. The Labute approximate surface area is 152 Å².